The Kier molecular flexibility index (Phi) is 2.26. The Hall–Kier alpha value is -1.04. The molecule has 1 aliphatic carbocycles. The fourth-order valence-corrected chi connectivity index (χ4v) is 2.80. The Balaban J connectivity index is 2.71. The zero-order valence-electron chi connectivity index (χ0n) is 10.4. The molecule has 0 fully saturated rings. The number of fused-ring (bicyclic) bond motifs is 1. The van der Waals surface area contributed by atoms with E-state index in [1.54, 1.807) is 5.57 Å². The topological polar surface area (TPSA) is 0 Å². The van der Waals surface area contributed by atoms with E-state index < -0.39 is 0 Å². The summed E-state index contributed by atoms with van der Waals surface area (Å²) in [6.07, 6.45) is 0. The Morgan fingerprint density at radius 2 is 1.67 bits per heavy atom. The molecule has 0 heterocycles. The molecule has 0 amide bonds. The van der Waals surface area contributed by atoms with Gasteiger partial charge in [0.15, 0.2) is 0 Å². The van der Waals surface area contributed by atoms with E-state index in [0.717, 1.165) is 0 Å². The average molecular weight is 200 g/mol. The Morgan fingerprint density at radius 3 is 2.27 bits per heavy atom. The molecule has 1 aliphatic rings. The number of hydrogen-bond donors (Lipinski definition) is 0. The van der Waals surface area contributed by atoms with Gasteiger partial charge in [-0.3, -0.25) is 0 Å². The van der Waals surface area contributed by atoms with Gasteiger partial charge in [0.25, 0.3) is 0 Å². The quantitative estimate of drug-likeness (QED) is 0.630. The zero-order chi connectivity index (χ0) is 11.2. The van der Waals surface area contributed by atoms with E-state index in [4.69, 9.17) is 0 Å². The van der Waals surface area contributed by atoms with E-state index in [0.29, 0.717) is 5.92 Å². The van der Waals surface area contributed by atoms with Crippen LogP contribution in [0.25, 0.3) is 5.57 Å². The molecule has 2 rings (SSSR count). The SMILES string of the molecule is CC1=C(C)C(C)(C(C)C)c2ccccc21. The summed E-state index contributed by atoms with van der Waals surface area (Å²) in [5.41, 5.74) is 6.21. The van der Waals surface area contributed by atoms with Gasteiger partial charge >= 0.3 is 0 Å². The van der Waals surface area contributed by atoms with Crippen LogP contribution in [0.15, 0.2) is 29.8 Å². The van der Waals surface area contributed by atoms with Crippen LogP contribution in [0.2, 0.25) is 0 Å². The van der Waals surface area contributed by atoms with Gasteiger partial charge < -0.3 is 0 Å². The summed E-state index contributed by atoms with van der Waals surface area (Å²) >= 11 is 0. The maximum Gasteiger partial charge on any atom is 0.0165 e. The van der Waals surface area contributed by atoms with E-state index in [2.05, 4.69) is 58.9 Å². The van der Waals surface area contributed by atoms with Gasteiger partial charge in [0.2, 0.25) is 0 Å². The predicted molar refractivity (Wildman–Crippen MR) is 66.9 cm³/mol. The molecule has 1 unspecified atom stereocenters. The van der Waals surface area contributed by atoms with Crippen LogP contribution >= 0.6 is 0 Å². The van der Waals surface area contributed by atoms with Gasteiger partial charge in [0.1, 0.15) is 0 Å². The van der Waals surface area contributed by atoms with Crippen molar-refractivity contribution in [1.29, 1.82) is 0 Å². The molecule has 0 nitrogen and oxygen atoms in total. The molecule has 0 N–H and O–H groups in total. The maximum atomic E-state index is 2.38. The van der Waals surface area contributed by atoms with Gasteiger partial charge in [0.05, 0.1) is 0 Å². The van der Waals surface area contributed by atoms with Crippen molar-refractivity contribution in [3.05, 3.63) is 41.0 Å². The van der Waals surface area contributed by atoms with Crippen molar-refractivity contribution in [2.45, 2.75) is 40.0 Å². The molecule has 1 atom stereocenters. The molecule has 0 bridgehead atoms. The number of allylic oxidation sites excluding steroid dienone is 2. The van der Waals surface area contributed by atoms with Crippen LogP contribution in [0.1, 0.15) is 45.7 Å². The minimum absolute atomic E-state index is 0.237. The number of hydrogen-bond acceptors (Lipinski definition) is 0. The van der Waals surface area contributed by atoms with Crippen molar-refractivity contribution >= 4 is 5.57 Å². The van der Waals surface area contributed by atoms with Crippen LogP contribution < -0.4 is 0 Å². The number of rotatable bonds is 1. The number of benzene rings is 1. The zero-order valence-corrected chi connectivity index (χ0v) is 10.4. The van der Waals surface area contributed by atoms with E-state index in [1.165, 1.54) is 16.7 Å². The predicted octanol–water partition coefficient (Wildman–Crippen LogP) is 4.41. The highest BCUT2D eigenvalue weighted by molar-refractivity contribution is 5.78. The van der Waals surface area contributed by atoms with Crippen LogP contribution in [0, 0.1) is 5.92 Å². The molecule has 1 aromatic carbocycles. The maximum absolute atomic E-state index is 2.38. The van der Waals surface area contributed by atoms with Crippen molar-refractivity contribution in [2.75, 3.05) is 0 Å². The monoisotopic (exact) mass is 200 g/mol. The second-order valence-corrected chi connectivity index (χ2v) is 5.15. The molecule has 0 aliphatic heterocycles. The van der Waals surface area contributed by atoms with Gasteiger partial charge in [-0.1, -0.05) is 50.6 Å². The van der Waals surface area contributed by atoms with Crippen molar-refractivity contribution in [2.24, 2.45) is 5.92 Å². The first kappa shape index (κ1) is 10.5. The lowest BCUT2D eigenvalue weighted by atomic mass is 9.71. The molecule has 0 aromatic heterocycles. The smallest absolute Gasteiger partial charge is 0.0165 e. The minimum atomic E-state index is 0.237. The second kappa shape index (κ2) is 3.23. The molecule has 1 aromatic rings. The molecule has 0 radical (unpaired) electrons. The molecule has 0 saturated carbocycles. The fraction of sp³-hybridized carbons (Fsp3) is 0.467. The summed E-state index contributed by atoms with van der Waals surface area (Å²) in [5.74, 6) is 0.649. The standard InChI is InChI=1S/C15H20/c1-10(2)15(5)12(4)11(3)13-8-6-7-9-14(13)15/h6-10H,1-5H3. The van der Waals surface area contributed by atoms with Gasteiger partial charge in [-0.2, -0.15) is 0 Å². The Labute approximate surface area is 93.0 Å². The summed E-state index contributed by atoms with van der Waals surface area (Å²) in [5, 5.41) is 0. The third kappa shape index (κ3) is 1.20. The summed E-state index contributed by atoms with van der Waals surface area (Å²) in [4.78, 5) is 0. The van der Waals surface area contributed by atoms with E-state index >= 15 is 0 Å². The van der Waals surface area contributed by atoms with Crippen LogP contribution in [0.5, 0.6) is 0 Å². The van der Waals surface area contributed by atoms with Crippen molar-refractivity contribution in [3.8, 4) is 0 Å². The molecular formula is C15H20. The first-order chi connectivity index (χ1) is 6.99. The van der Waals surface area contributed by atoms with Gasteiger partial charge in [0, 0.05) is 5.41 Å². The third-order valence-corrected chi connectivity index (χ3v) is 4.39. The second-order valence-electron chi connectivity index (χ2n) is 5.15. The first-order valence-electron chi connectivity index (χ1n) is 5.77. The van der Waals surface area contributed by atoms with E-state index in [-0.39, 0.29) is 5.41 Å². The Morgan fingerprint density at radius 1 is 1.07 bits per heavy atom. The molecule has 0 heteroatoms. The third-order valence-electron chi connectivity index (χ3n) is 4.39. The van der Waals surface area contributed by atoms with E-state index in [9.17, 15) is 0 Å². The summed E-state index contributed by atoms with van der Waals surface area (Å²) < 4.78 is 0. The highest BCUT2D eigenvalue weighted by atomic mass is 14.4. The van der Waals surface area contributed by atoms with Crippen LogP contribution in [-0.4, -0.2) is 0 Å². The van der Waals surface area contributed by atoms with Crippen LogP contribution in [-0.2, 0) is 5.41 Å². The molecule has 0 spiro atoms. The molecular weight excluding hydrogens is 180 g/mol. The van der Waals surface area contributed by atoms with Crippen LogP contribution in [0.3, 0.4) is 0 Å². The summed E-state index contributed by atoms with van der Waals surface area (Å²) in [7, 11) is 0. The largest absolute Gasteiger partial charge is 0.0619 e. The normalized spacial score (nSPS) is 24.9. The highest BCUT2D eigenvalue weighted by Gasteiger charge is 2.39. The Bertz CT molecular complexity index is 423. The fourth-order valence-electron chi connectivity index (χ4n) is 2.80. The lowest BCUT2D eigenvalue weighted by Crippen LogP contribution is -2.27. The lowest BCUT2D eigenvalue weighted by molar-refractivity contribution is 0.404. The van der Waals surface area contributed by atoms with Crippen molar-refractivity contribution in [3.63, 3.8) is 0 Å². The lowest BCUT2D eigenvalue weighted by Gasteiger charge is -2.32. The van der Waals surface area contributed by atoms with Crippen molar-refractivity contribution in [1.82, 2.24) is 0 Å². The highest BCUT2D eigenvalue weighted by Crippen LogP contribution is 2.49. The van der Waals surface area contributed by atoms with Gasteiger partial charge in [-0.25, -0.2) is 0 Å². The first-order valence-corrected chi connectivity index (χ1v) is 5.77. The van der Waals surface area contributed by atoms with Gasteiger partial charge in [-0.15, -0.1) is 0 Å². The van der Waals surface area contributed by atoms with Crippen LogP contribution in [0.4, 0.5) is 0 Å². The summed E-state index contributed by atoms with van der Waals surface area (Å²) in [6, 6.07) is 8.84. The van der Waals surface area contributed by atoms with Crippen molar-refractivity contribution < 1.29 is 0 Å². The van der Waals surface area contributed by atoms with Gasteiger partial charge in [-0.05, 0) is 36.5 Å². The average Bonchev–Trinajstić information content (AvgIpc) is 2.43. The summed E-state index contributed by atoms with van der Waals surface area (Å²) in [6.45, 7) is 11.6. The minimum Gasteiger partial charge on any atom is -0.0619 e. The molecule has 0 saturated heterocycles. The van der Waals surface area contributed by atoms with E-state index in [1.807, 2.05) is 0 Å². The molecule has 80 valence electrons. The molecule has 15 heavy (non-hydrogen) atoms.